The number of carbonyl (C=O) groups is 3. The number of nitrogens with zero attached hydrogens (tertiary/aromatic N) is 2. The lowest BCUT2D eigenvalue weighted by atomic mass is 10.2. The molecule has 0 aliphatic carbocycles. The van der Waals surface area contributed by atoms with Gasteiger partial charge in [0.2, 0.25) is 0 Å². The summed E-state index contributed by atoms with van der Waals surface area (Å²) in [6.45, 7) is -0.447. The van der Waals surface area contributed by atoms with E-state index in [1.165, 1.54) is 23.8 Å². The van der Waals surface area contributed by atoms with E-state index in [0.29, 0.717) is 32.6 Å². The lowest BCUT2D eigenvalue weighted by Gasteiger charge is -2.07. The SMILES string of the molecule is COC(=O)c1cccc(N=C2SC(=Cc3cccc(OCC(=O)O)c3)C(=O)N2C)c1. The highest BCUT2D eigenvalue weighted by Gasteiger charge is 2.30. The Bertz CT molecular complexity index is 1060. The highest BCUT2D eigenvalue weighted by atomic mass is 32.2. The lowest BCUT2D eigenvalue weighted by Crippen LogP contribution is -2.23. The minimum Gasteiger partial charge on any atom is -0.482 e. The van der Waals surface area contributed by atoms with Crippen LogP contribution in [0.5, 0.6) is 5.75 Å². The Morgan fingerprint density at radius 3 is 2.70 bits per heavy atom. The van der Waals surface area contributed by atoms with Gasteiger partial charge in [-0.05, 0) is 53.7 Å². The summed E-state index contributed by atoms with van der Waals surface area (Å²) in [5, 5.41) is 9.18. The summed E-state index contributed by atoms with van der Waals surface area (Å²) in [5.41, 5.74) is 1.58. The molecule has 9 heteroatoms. The molecule has 0 saturated carbocycles. The highest BCUT2D eigenvalue weighted by molar-refractivity contribution is 8.18. The molecule has 1 aliphatic rings. The third-order valence-corrected chi connectivity index (χ3v) is 5.07. The van der Waals surface area contributed by atoms with Crippen LogP contribution < -0.4 is 4.74 Å². The van der Waals surface area contributed by atoms with Crippen LogP contribution in [0.3, 0.4) is 0 Å². The number of aliphatic imine (C=N–C) groups is 1. The van der Waals surface area contributed by atoms with Crippen molar-refractivity contribution in [2.45, 2.75) is 0 Å². The van der Waals surface area contributed by atoms with E-state index in [1.807, 2.05) is 0 Å². The maximum atomic E-state index is 12.6. The van der Waals surface area contributed by atoms with Crippen molar-refractivity contribution in [3.63, 3.8) is 0 Å². The fourth-order valence-corrected chi connectivity index (χ4v) is 3.56. The average molecular weight is 426 g/mol. The van der Waals surface area contributed by atoms with E-state index in [4.69, 9.17) is 14.6 Å². The Kier molecular flexibility index (Phi) is 6.53. The smallest absolute Gasteiger partial charge is 0.341 e. The van der Waals surface area contributed by atoms with Crippen LogP contribution in [-0.4, -0.2) is 53.8 Å². The number of esters is 1. The molecule has 1 saturated heterocycles. The van der Waals surface area contributed by atoms with Gasteiger partial charge in [-0.3, -0.25) is 9.69 Å². The fraction of sp³-hybridized carbons (Fsp3) is 0.143. The maximum Gasteiger partial charge on any atom is 0.341 e. The standard InChI is InChI=1S/C21H18N2O6S/c1-23-19(26)17(10-13-5-3-8-16(9-13)29-12-18(24)25)30-21(23)22-15-7-4-6-14(11-15)20(27)28-2/h3-11H,12H2,1-2H3,(H,24,25). The molecule has 1 heterocycles. The molecule has 2 aromatic carbocycles. The van der Waals surface area contributed by atoms with Gasteiger partial charge in [0.25, 0.3) is 5.91 Å². The molecule has 0 bridgehead atoms. The zero-order valence-corrected chi connectivity index (χ0v) is 17.0. The molecule has 3 rings (SSSR count). The second-order valence-electron chi connectivity index (χ2n) is 6.17. The maximum absolute atomic E-state index is 12.6. The number of amidine groups is 1. The summed E-state index contributed by atoms with van der Waals surface area (Å²) in [5.74, 6) is -1.37. The van der Waals surface area contributed by atoms with Crippen molar-refractivity contribution in [2.24, 2.45) is 4.99 Å². The number of rotatable bonds is 6. The van der Waals surface area contributed by atoms with Gasteiger partial charge in [-0.15, -0.1) is 0 Å². The molecule has 1 N–H and O–H groups in total. The molecule has 0 radical (unpaired) electrons. The quantitative estimate of drug-likeness (QED) is 0.559. The fourth-order valence-electron chi connectivity index (χ4n) is 2.57. The Morgan fingerprint density at radius 2 is 1.97 bits per heavy atom. The molecule has 1 amide bonds. The first kappa shape index (κ1) is 21.1. The van der Waals surface area contributed by atoms with E-state index in [-0.39, 0.29) is 5.91 Å². The third kappa shape index (κ3) is 5.06. The van der Waals surface area contributed by atoms with Gasteiger partial charge in [-0.1, -0.05) is 18.2 Å². The van der Waals surface area contributed by atoms with Crippen LogP contribution in [0.4, 0.5) is 5.69 Å². The molecule has 0 spiro atoms. The van der Waals surface area contributed by atoms with Gasteiger partial charge in [0.1, 0.15) is 5.75 Å². The molecule has 0 unspecified atom stereocenters. The second-order valence-corrected chi connectivity index (χ2v) is 7.18. The minimum absolute atomic E-state index is 0.222. The van der Waals surface area contributed by atoms with Crippen molar-refractivity contribution in [1.29, 1.82) is 0 Å². The molecule has 0 aromatic heterocycles. The van der Waals surface area contributed by atoms with Crippen molar-refractivity contribution >= 4 is 46.5 Å². The Hall–Kier alpha value is -3.59. The average Bonchev–Trinajstić information content (AvgIpc) is 3.00. The molecule has 30 heavy (non-hydrogen) atoms. The summed E-state index contributed by atoms with van der Waals surface area (Å²) in [6.07, 6.45) is 1.69. The number of carboxylic acid groups (broad SMARTS) is 1. The van der Waals surface area contributed by atoms with E-state index in [0.717, 1.165) is 0 Å². The predicted molar refractivity (Wildman–Crippen MR) is 113 cm³/mol. The topological polar surface area (TPSA) is 106 Å². The summed E-state index contributed by atoms with van der Waals surface area (Å²) in [4.78, 5) is 41.3. The Balaban J connectivity index is 1.82. The minimum atomic E-state index is -1.07. The van der Waals surface area contributed by atoms with Crippen molar-refractivity contribution in [1.82, 2.24) is 4.90 Å². The number of methoxy groups -OCH3 is 1. The van der Waals surface area contributed by atoms with Gasteiger partial charge in [-0.2, -0.15) is 0 Å². The number of benzene rings is 2. The summed E-state index contributed by atoms with van der Waals surface area (Å²) >= 11 is 1.20. The van der Waals surface area contributed by atoms with Gasteiger partial charge in [0.05, 0.1) is 23.3 Å². The summed E-state index contributed by atoms with van der Waals surface area (Å²) in [6, 6.07) is 13.4. The first-order valence-electron chi connectivity index (χ1n) is 8.76. The molecule has 1 aliphatic heterocycles. The first-order chi connectivity index (χ1) is 14.4. The van der Waals surface area contributed by atoms with Gasteiger partial charge >= 0.3 is 11.9 Å². The van der Waals surface area contributed by atoms with E-state index in [9.17, 15) is 14.4 Å². The van der Waals surface area contributed by atoms with Crippen LogP contribution in [0.1, 0.15) is 15.9 Å². The normalized spacial score (nSPS) is 16.2. The third-order valence-electron chi connectivity index (χ3n) is 4.01. The second kappa shape index (κ2) is 9.27. The number of likely N-dealkylation sites (N-methyl/N-ethyl adjacent to an activating group) is 1. The van der Waals surface area contributed by atoms with Crippen LogP contribution in [0.25, 0.3) is 6.08 Å². The Morgan fingerprint density at radius 1 is 1.20 bits per heavy atom. The molecule has 2 aromatic rings. The van der Waals surface area contributed by atoms with E-state index in [2.05, 4.69) is 4.99 Å². The number of carbonyl (C=O) groups excluding carboxylic acids is 2. The van der Waals surface area contributed by atoms with Crippen LogP contribution in [0.15, 0.2) is 58.4 Å². The van der Waals surface area contributed by atoms with Crippen LogP contribution >= 0.6 is 11.8 Å². The lowest BCUT2D eigenvalue weighted by molar-refractivity contribution is -0.139. The molecular weight excluding hydrogens is 408 g/mol. The highest BCUT2D eigenvalue weighted by Crippen LogP contribution is 2.33. The summed E-state index contributed by atoms with van der Waals surface area (Å²) < 4.78 is 9.88. The monoisotopic (exact) mass is 426 g/mol. The van der Waals surface area contributed by atoms with Crippen LogP contribution in [0, 0.1) is 0 Å². The number of ether oxygens (including phenoxy) is 2. The molecular formula is C21H18N2O6S. The van der Waals surface area contributed by atoms with Crippen molar-refractivity contribution < 1.29 is 29.0 Å². The van der Waals surface area contributed by atoms with Crippen molar-refractivity contribution in [2.75, 3.05) is 20.8 Å². The molecule has 0 atom stereocenters. The largest absolute Gasteiger partial charge is 0.482 e. The van der Waals surface area contributed by atoms with Gasteiger partial charge in [-0.25, -0.2) is 14.6 Å². The van der Waals surface area contributed by atoms with Crippen LogP contribution in [-0.2, 0) is 14.3 Å². The number of amides is 1. The van der Waals surface area contributed by atoms with Gasteiger partial charge < -0.3 is 14.6 Å². The zero-order valence-electron chi connectivity index (χ0n) is 16.2. The van der Waals surface area contributed by atoms with Crippen molar-refractivity contribution in [3.8, 4) is 5.75 Å². The molecule has 154 valence electrons. The van der Waals surface area contributed by atoms with Gasteiger partial charge in [0.15, 0.2) is 11.8 Å². The Labute approximate surface area is 176 Å². The summed E-state index contributed by atoms with van der Waals surface area (Å²) in [7, 11) is 2.92. The number of carboxylic acids is 1. The number of hydrogen-bond donors (Lipinski definition) is 1. The van der Waals surface area contributed by atoms with Crippen molar-refractivity contribution in [3.05, 3.63) is 64.6 Å². The van der Waals surface area contributed by atoms with E-state index < -0.39 is 18.5 Å². The number of thioether (sulfide) groups is 1. The van der Waals surface area contributed by atoms with E-state index in [1.54, 1.807) is 61.7 Å². The zero-order chi connectivity index (χ0) is 21.7. The molecule has 8 nitrogen and oxygen atoms in total. The van der Waals surface area contributed by atoms with Crippen LogP contribution in [0.2, 0.25) is 0 Å². The number of aliphatic carboxylic acids is 1. The van der Waals surface area contributed by atoms with Gasteiger partial charge in [0, 0.05) is 7.05 Å². The van der Waals surface area contributed by atoms with E-state index >= 15 is 0 Å². The predicted octanol–water partition coefficient (Wildman–Crippen LogP) is 3.17. The number of hydrogen-bond acceptors (Lipinski definition) is 7. The first-order valence-corrected chi connectivity index (χ1v) is 9.58. The molecule has 1 fully saturated rings.